The van der Waals surface area contributed by atoms with Gasteiger partial charge in [0.15, 0.2) is 0 Å². The molecule has 0 spiro atoms. The highest BCUT2D eigenvalue weighted by atomic mass is 16.4. The predicted octanol–water partition coefficient (Wildman–Crippen LogP) is 2.46. The number of likely N-dealkylation sites (N-methyl/N-ethyl adjacent to an activating group) is 1. The van der Waals surface area contributed by atoms with E-state index in [9.17, 15) is 4.79 Å². The smallest absolute Gasteiger partial charge is 0.407 e. The van der Waals surface area contributed by atoms with Gasteiger partial charge in [0.25, 0.3) is 0 Å². The molecule has 3 nitrogen and oxygen atoms in total. The lowest BCUT2D eigenvalue weighted by molar-refractivity contribution is 0.134. The lowest BCUT2D eigenvalue weighted by Crippen LogP contribution is -2.39. The van der Waals surface area contributed by atoms with E-state index < -0.39 is 6.09 Å². The number of carbonyl (C=O) groups is 1. The largest absolute Gasteiger partial charge is 0.465 e. The first-order valence-electron chi connectivity index (χ1n) is 5.62. The molecule has 0 fully saturated rings. The van der Waals surface area contributed by atoms with Crippen molar-refractivity contribution in [2.24, 2.45) is 0 Å². The molecule has 1 amide bonds. The maximum atomic E-state index is 10.9. The molecular formula is C13H17NO2. The number of fused-ring (bicyclic) bond motifs is 1. The summed E-state index contributed by atoms with van der Waals surface area (Å²) in [6, 6.07) is 6.46. The second-order valence-electron chi connectivity index (χ2n) is 4.50. The third-order valence-electron chi connectivity index (χ3n) is 3.54. The van der Waals surface area contributed by atoms with Crippen molar-refractivity contribution in [3.05, 3.63) is 34.9 Å². The van der Waals surface area contributed by atoms with E-state index >= 15 is 0 Å². The van der Waals surface area contributed by atoms with Gasteiger partial charge in [-0.15, -0.1) is 0 Å². The molecule has 3 heteroatoms. The molecule has 16 heavy (non-hydrogen) atoms. The molecular weight excluding hydrogens is 202 g/mol. The number of carboxylic acid groups (broad SMARTS) is 1. The number of benzene rings is 1. The minimum Gasteiger partial charge on any atom is -0.465 e. The van der Waals surface area contributed by atoms with E-state index in [4.69, 9.17) is 5.11 Å². The van der Waals surface area contributed by atoms with Gasteiger partial charge in [-0.05, 0) is 42.9 Å². The van der Waals surface area contributed by atoms with Gasteiger partial charge in [0.2, 0.25) is 0 Å². The molecule has 1 unspecified atom stereocenters. The van der Waals surface area contributed by atoms with Crippen LogP contribution in [0.25, 0.3) is 0 Å². The van der Waals surface area contributed by atoms with Gasteiger partial charge >= 0.3 is 6.09 Å². The molecule has 1 aromatic carbocycles. The molecule has 1 aliphatic carbocycles. The fourth-order valence-corrected chi connectivity index (χ4v) is 2.44. The average Bonchev–Trinajstić information content (AvgIpc) is 2.28. The standard InChI is InChI=1S/C13H17NO2/c1-9-4-3-5-10-6-7-11(8-12(9)10)14(2)13(15)16/h3-5,11H,6-8H2,1-2H3,(H,15,16). The van der Waals surface area contributed by atoms with Crippen molar-refractivity contribution in [3.63, 3.8) is 0 Å². The van der Waals surface area contributed by atoms with Crippen LogP contribution in [0.1, 0.15) is 23.1 Å². The summed E-state index contributed by atoms with van der Waals surface area (Å²) in [6.07, 6.45) is 1.94. The van der Waals surface area contributed by atoms with Crippen LogP contribution in [-0.2, 0) is 12.8 Å². The van der Waals surface area contributed by atoms with Crippen LogP contribution in [0, 0.1) is 6.92 Å². The second kappa shape index (κ2) is 4.16. The van der Waals surface area contributed by atoms with E-state index in [2.05, 4.69) is 25.1 Å². The summed E-state index contributed by atoms with van der Waals surface area (Å²) < 4.78 is 0. The minimum atomic E-state index is -0.831. The lowest BCUT2D eigenvalue weighted by atomic mass is 9.85. The van der Waals surface area contributed by atoms with Crippen molar-refractivity contribution in [1.29, 1.82) is 0 Å². The Bertz CT molecular complexity index is 414. The van der Waals surface area contributed by atoms with Gasteiger partial charge in [-0.25, -0.2) is 4.79 Å². The minimum absolute atomic E-state index is 0.131. The van der Waals surface area contributed by atoms with Gasteiger partial charge in [0.05, 0.1) is 0 Å². The zero-order valence-electron chi connectivity index (χ0n) is 9.73. The van der Waals surface area contributed by atoms with E-state index in [1.165, 1.54) is 21.6 Å². The average molecular weight is 219 g/mol. The molecule has 2 rings (SSSR count). The van der Waals surface area contributed by atoms with E-state index in [0.717, 1.165) is 19.3 Å². The first kappa shape index (κ1) is 11.0. The van der Waals surface area contributed by atoms with E-state index in [1.54, 1.807) is 7.05 Å². The number of amides is 1. The van der Waals surface area contributed by atoms with Crippen molar-refractivity contribution in [2.45, 2.75) is 32.2 Å². The summed E-state index contributed by atoms with van der Waals surface area (Å²) in [6.45, 7) is 2.10. The number of rotatable bonds is 1. The summed E-state index contributed by atoms with van der Waals surface area (Å²) in [5, 5.41) is 8.98. The second-order valence-corrected chi connectivity index (χ2v) is 4.50. The van der Waals surface area contributed by atoms with Gasteiger partial charge in [-0.2, -0.15) is 0 Å². The molecule has 1 aliphatic rings. The molecule has 86 valence electrons. The molecule has 0 heterocycles. The van der Waals surface area contributed by atoms with Crippen LogP contribution in [0.15, 0.2) is 18.2 Å². The first-order chi connectivity index (χ1) is 7.59. The normalized spacial score (nSPS) is 19.0. The van der Waals surface area contributed by atoms with Crippen LogP contribution in [-0.4, -0.2) is 29.2 Å². The summed E-state index contributed by atoms with van der Waals surface area (Å²) in [7, 11) is 1.66. The number of nitrogens with zero attached hydrogens (tertiary/aromatic N) is 1. The maximum absolute atomic E-state index is 10.9. The third-order valence-corrected chi connectivity index (χ3v) is 3.54. The fraction of sp³-hybridized carbons (Fsp3) is 0.462. The number of aryl methyl sites for hydroxylation is 2. The maximum Gasteiger partial charge on any atom is 0.407 e. The zero-order valence-corrected chi connectivity index (χ0v) is 9.73. The molecule has 1 atom stereocenters. The Labute approximate surface area is 95.7 Å². The van der Waals surface area contributed by atoms with Crippen molar-refractivity contribution in [1.82, 2.24) is 4.90 Å². The van der Waals surface area contributed by atoms with Crippen LogP contribution < -0.4 is 0 Å². The first-order valence-corrected chi connectivity index (χ1v) is 5.62. The predicted molar refractivity (Wildman–Crippen MR) is 62.8 cm³/mol. The zero-order chi connectivity index (χ0) is 11.7. The lowest BCUT2D eigenvalue weighted by Gasteiger charge is -2.31. The van der Waals surface area contributed by atoms with Gasteiger partial charge in [0.1, 0.15) is 0 Å². The highest BCUT2D eigenvalue weighted by Gasteiger charge is 2.25. The van der Waals surface area contributed by atoms with Gasteiger partial charge in [-0.3, -0.25) is 0 Å². The summed E-state index contributed by atoms with van der Waals surface area (Å²) >= 11 is 0. The van der Waals surface area contributed by atoms with Crippen LogP contribution in [0.5, 0.6) is 0 Å². The van der Waals surface area contributed by atoms with E-state index in [-0.39, 0.29) is 6.04 Å². The Morgan fingerprint density at radius 3 is 2.94 bits per heavy atom. The molecule has 0 bridgehead atoms. The van der Waals surface area contributed by atoms with Gasteiger partial charge in [-0.1, -0.05) is 18.2 Å². The summed E-state index contributed by atoms with van der Waals surface area (Å²) in [5.74, 6) is 0. The van der Waals surface area contributed by atoms with Crippen LogP contribution in [0.3, 0.4) is 0 Å². The number of hydrogen-bond acceptors (Lipinski definition) is 1. The Morgan fingerprint density at radius 2 is 2.25 bits per heavy atom. The Kier molecular flexibility index (Phi) is 2.86. The van der Waals surface area contributed by atoms with Crippen LogP contribution >= 0.6 is 0 Å². The Hall–Kier alpha value is -1.51. The highest BCUT2D eigenvalue weighted by molar-refractivity contribution is 5.65. The summed E-state index contributed by atoms with van der Waals surface area (Å²) in [4.78, 5) is 12.4. The fourth-order valence-electron chi connectivity index (χ4n) is 2.44. The van der Waals surface area contributed by atoms with Gasteiger partial charge in [0, 0.05) is 13.1 Å². The van der Waals surface area contributed by atoms with Crippen LogP contribution in [0.4, 0.5) is 4.79 Å². The van der Waals surface area contributed by atoms with Crippen molar-refractivity contribution < 1.29 is 9.90 Å². The van der Waals surface area contributed by atoms with E-state index in [0.29, 0.717) is 0 Å². The molecule has 0 aromatic heterocycles. The Morgan fingerprint density at radius 1 is 1.50 bits per heavy atom. The topological polar surface area (TPSA) is 40.5 Å². The molecule has 1 aromatic rings. The quantitative estimate of drug-likeness (QED) is 0.788. The third kappa shape index (κ3) is 1.90. The van der Waals surface area contributed by atoms with E-state index in [1.807, 2.05) is 0 Å². The summed E-state index contributed by atoms with van der Waals surface area (Å²) in [5.41, 5.74) is 4.00. The van der Waals surface area contributed by atoms with Crippen LogP contribution in [0.2, 0.25) is 0 Å². The van der Waals surface area contributed by atoms with Gasteiger partial charge < -0.3 is 10.0 Å². The molecule has 0 aliphatic heterocycles. The molecule has 0 saturated heterocycles. The molecule has 1 N–H and O–H groups in total. The van der Waals surface area contributed by atoms with Crippen molar-refractivity contribution in [3.8, 4) is 0 Å². The molecule has 0 saturated carbocycles. The number of hydrogen-bond donors (Lipinski definition) is 1. The monoisotopic (exact) mass is 219 g/mol. The SMILES string of the molecule is Cc1cccc2c1CC(N(C)C(=O)O)CC2. The highest BCUT2D eigenvalue weighted by Crippen LogP contribution is 2.26. The van der Waals surface area contributed by atoms with Crippen molar-refractivity contribution >= 4 is 6.09 Å². The molecule has 0 radical (unpaired) electrons. The Balaban J connectivity index is 2.23. The van der Waals surface area contributed by atoms with Crippen molar-refractivity contribution in [2.75, 3.05) is 7.05 Å².